The lowest BCUT2D eigenvalue weighted by Crippen LogP contribution is -2.34. The second kappa shape index (κ2) is 11.2. The number of H-pyrrole nitrogens is 1. The van der Waals surface area contributed by atoms with Crippen LogP contribution in [0.3, 0.4) is 0 Å². The average molecular weight is 611 g/mol. The maximum absolute atomic E-state index is 12.1. The van der Waals surface area contributed by atoms with E-state index in [0.29, 0.717) is 18.2 Å². The molecule has 3 N–H and O–H groups in total. The van der Waals surface area contributed by atoms with E-state index in [1.165, 1.54) is 11.6 Å². The third-order valence-electron chi connectivity index (χ3n) is 8.32. The van der Waals surface area contributed by atoms with Gasteiger partial charge < -0.3 is 9.88 Å². The number of piperidine rings is 1. The van der Waals surface area contributed by atoms with E-state index in [9.17, 15) is 8.42 Å². The average Bonchev–Trinajstić information content (AvgIpc) is 3.45. The third kappa shape index (κ3) is 5.69. The summed E-state index contributed by atoms with van der Waals surface area (Å²) in [7, 11) is -3.96. The number of nitrogens with one attached hydrogen (secondary N) is 1. The molecule has 0 bridgehead atoms. The highest BCUT2D eigenvalue weighted by molar-refractivity contribution is 7.89. The van der Waals surface area contributed by atoms with Gasteiger partial charge in [0.25, 0.3) is 0 Å². The van der Waals surface area contributed by atoms with Gasteiger partial charge >= 0.3 is 0 Å². The third-order valence-corrected chi connectivity index (χ3v) is 9.69. The van der Waals surface area contributed by atoms with E-state index in [-0.39, 0.29) is 9.92 Å². The minimum atomic E-state index is -3.96. The summed E-state index contributed by atoms with van der Waals surface area (Å²) in [5.74, 6) is 2.33. The van der Waals surface area contributed by atoms with Crippen molar-refractivity contribution in [1.29, 1.82) is 0 Å². The number of rotatable bonds is 6. The van der Waals surface area contributed by atoms with Gasteiger partial charge in [-0.15, -0.1) is 0 Å². The van der Waals surface area contributed by atoms with Crippen LogP contribution in [0, 0.1) is 0 Å². The largest absolute Gasteiger partial charge is 0.342 e. The van der Waals surface area contributed by atoms with E-state index >= 15 is 0 Å². The number of halogens is 1. The van der Waals surface area contributed by atoms with Crippen molar-refractivity contribution in [2.75, 3.05) is 18.0 Å². The number of aliphatic imine (C=N–C) groups is 1. The number of amidine groups is 1. The predicted octanol–water partition coefficient (Wildman–Crippen LogP) is 6.34. The van der Waals surface area contributed by atoms with Crippen molar-refractivity contribution in [3.63, 3.8) is 0 Å². The molecule has 10 heteroatoms. The molecule has 7 rings (SSSR count). The molecule has 0 amide bonds. The molecular weight excluding hydrogens is 580 g/mol. The van der Waals surface area contributed by atoms with E-state index in [4.69, 9.17) is 26.7 Å². The molecule has 1 saturated heterocycles. The number of hydrogen-bond donors (Lipinski definition) is 2. The number of likely N-dealkylation sites (tertiary alicyclic amines) is 1. The molecule has 218 valence electrons. The highest BCUT2D eigenvalue weighted by Gasteiger charge is 2.27. The van der Waals surface area contributed by atoms with Crippen molar-refractivity contribution in [3.05, 3.63) is 119 Å². The Kier molecular flexibility index (Phi) is 7.26. The first-order chi connectivity index (χ1) is 20.8. The van der Waals surface area contributed by atoms with Crippen LogP contribution in [-0.4, -0.2) is 42.2 Å². The van der Waals surface area contributed by atoms with Gasteiger partial charge in [0.15, 0.2) is 0 Å². The Morgan fingerprint density at radius 1 is 0.930 bits per heavy atom. The fraction of sp³-hybridized carbons (Fsp3) is 0.212. The summed E-state index contributed by atoms with van der Waals surface area (Å²) in [6.07, 6.45) is 2.16. The molecule has 0 saturated carbocycles. The minimum Gasteiger partial charge on any atom is -0.342 e. The molecule has 8 nitrogen and oxygen atoms in total. The van der Waals surface area contributed by atoms with Crippen LogP contribution < -0.4 is 10.0 Å². The molecule has 0 unspecified atom stereocenters. The summed E-state index contributed by atoms with van der Waals surface area (Å²) in [6, 6.07) is 29.8. The molecular formula is C33H31ClN6O2S. The van der Waals surface area contributed by atoms with Gasteiger partial charge in [-0.25, -0.2) is 23.5 Å². The van der Waals surface area contributed by atoms with Crippen molar-refractivity contribution in [2.24, 2.45) is 10.1 Å². The van der Waals surface area contributed by atoms with Crippen molar-refractivity contribution in [3.8, 4) is 0 Å². The molecule has 1 aromatic heterocycles. The second-order valence-electron chi connectivity index (χ2n) is 11.2. The van der Waals surface area contributed by atoms with E-state index in [1.807, 2.05) is 42.5 Å². The molecule has 3 heterocycles. The highest BCUT2D eigenvalue weighted by Crippen LogP contribution is 2.36. The van der Waals surface area contributed by atoms with Crippen LogP contribution in [0.4, 0.5) is 11.4 Å². The molecule has 5 aromatic rings. The summed E-state index contributed by atoms with van der Waals surface area (Å²) in [5.41, 5.74) is 6.68. The Hall–Kier alpha value is -4.02. The highest BCUT2D eigenvalue weighted by atomic mass is 35.5. The Bertz CT molecular complexity index is 1900. The molecule has 0 atom stereocenters. The predicted molar refractivity (Wildman–Crippen MR) is 171 cm³/mol. The summed E-state index contributed by atoms with van der Waals surface area (Å²) in [6.45, 7) is 3.36. The standard InChI is InChI=1S/C33H31ClN6O2S/c34-27-19-30-25(18-31(27)43(35,41)42)21-40(26-6-2-1-3-7-26)33(38-30)24-12-10-22(11-13-24)20-39-16-14-23(15-17-39)32-36-28-8-4-5-9-29(28)37-32/h1-13,18-19,23H,14-17,20-21H2,(H,36,37)(H2,35,41,42). The Labute approximate surface area is 255 Å². The first-order valence-electron chi connectivity index (χ1n) is 14.3. The maximum Gasteiger partial charge on any atom is 0.239 e. The minimum absolute atomic E-state index is 0.0666. The topological polar surface area (TPSA) is 108 Å². The summed E-state index contributed by atoms with van der Waals surface area (Å²) < 4.78 is 24.2. The summed E-state index contributed by atoms with van der Waals surface area (Å²) in [5, 5.41) is 5.48. The number of nitrogens with two attached hydrogens (primary N) is 1. The van der Waals surface area contributed by atoms with Crippen LogP contribution in [0.2, 0.25) is 5.02 Å². The Balaban J connectivity index is 1.10. The summed E-state index contributed by atoms with van der Waals surface area (Å²) >= 11 is 6.32. The van der Waals surface area contributed by atoms with Gasteiger partial charge in [0.2, 0.25) is 10.0 Å². The number of benzene rings is 4. The molecule has 43 heavy (non-hydrogen) atoms. The van der Waals surface area contributed by atoms with Crippen LogP contribution in [0.1, 0.15) is 41.3 Å². The van der Waals surface area contributed by atoms with Gasteiger partial charge in [-0.2, -0.15) is 0 Å². The fourth-order valence-electron chi connectivity index (χ4n) is 6.04. The zero-order valence-corrected chi connectivity index (χ0v) is 25.0. The lowest BCUT2D eigenvalue weighted by molar-refractivity contribution is 0.202. The maximum atomic E-state index is 12.1. The van der Waals surface area contributed by atoms with E-state index < -0.39 is 10.0 Å². The zero-order valence-electron chi connectivity index (χ0n) is 23.4. The number of hydrogen-bond acceptors (Lipinski definition) is 6. The number of imidazole rings is 1. The molecule has 0 aliphatic carbocycles. The molecule has 0 spiro atoms. The molecule has 4 aromatic carbocycles. The number of nitrogens with zero attached hydrogens (tertiary/aromatic N) is 4. The normalized spacial score (nSPS) is 16.3. The van der Waals surface area contributed by atoms with Crippen LogP contribution in [0.25, 0.3) is 11.0 Å². The Morgan fingerprint density at radius 3 is 2.37 bits per heavy atom. The number of primary sulfonamides is 1. The van der Waals surface area contributed by atoms with Gasteiger partial charge in [-0.3, -0.25) is 4.90 Å². The molecule has 2 aliphatic rings. The SMILES string of the molecule is NS(=O)(=O)c1cc2c(cc1Cl)N=C(c1ccc(CN3CCC(c4nc5ccccc5[nH]4)CC3)cc1)N(c1ccccc1)C2. The lowest BCUT2D eigenvalue weighted by Gasteiger charge is -2.32. The quantitative estimate of drug-likeness (QED) is 0.233. The van der Waals surface area contributed by atoms with E-state index in [2.05, 4.69) is 51.2 Å². The van der Waals surface area contributed by atoms with Crippen molar-refractivity contribution in [2.45, 2.75) is 36.7 Å². The first-order valence-corrected chi connectivity index (χ1v) is 16.3. The van der Waals surface area contributed by atoms with Crippen LogP contribution in [0.5, 0.6) is 0 Å². The number of aromatic amines is 1. The van der Waals surface area contributed by atoms with Crippen molar-refractivity contribution in [1.82, 2.24) is 14.9 Å². The van der Waals surface area contributed by atoms with Gasteiger partial charge in [-0.05, 0) is 73.5 Å². The number of anilines is 1. The summed E-state index contributed by atoms with van der Waals surface area (Å²) in [4.78, 5) is 17.8. The van der Waals surface area contributed by atoms with Crippen LogP contribution in [0.15, 0.2) is 101 Å². The Morgan fingerprint density at radius 2 is 1.65 bits per heavy atom. The van der Waals surface area contributed by atoms with E-state index in [1.54, 1.807) is 6.07 Å². The molecule has 0 radical (unpaired) electrons. The van der Waals surface area contributed by atoms with Gasteiger partial charge in [0.05, 0.1) is 28.3 Å². The van der Waals surface area contributed by atoms with E-state index in [0.717, 1.165) is 72.0 Å². The molecule has 2 aliphatic heterocycles. The number of sulfonamides is 1. The first kappa shape index (κ1) is 27.8. The molecule has 1 fully saturated rings. The van der Waals surface area contributed by atoms with Gasteiger partial charge in [0.1, 0.15) is 16.6 Å². The van der Waals surface area contributed by atoms with Gasteiger partial charge in [0, 0.05) is 23.7 Å². The fourth-order valence-corrected chi connectivity index (χ4v) is 7.16. The second-order valence-corrected chi connectivity index (χ2v) is 13.1. The number of fused-ring (bicyclic) bond motifs is 2. The van der Waals surface area contributed by atoms with Crippen molar-refractivity contribution >= 4 is 49.9 Å². The van der Waals surface area contributed by atoms with Gasteiger partial charge in [-0.1, -0.05) is 66.2 Å². The monoisotopic (exact) mass is 610 g/mol. The lowest BCUT2D eigenvalue weighted by atomic mass is 9.95. The van der Waals surface area contributed by atoms with Crippen molar-refractivity contribution < 1.29 is 8.42 Å². The zero-order chi connectivity index (χ0) is 29.6. The smallest absolute Gasteiger partial charge is 0.239 e. The van der Waals surface area contributed by atoms with Crippen LogP contribution >= 0.6 is 11.6 Å². The number of para-hydroxylation sites is 3. The number of aromatic nitrogens is 2. The van der Waals surface area contributed by atoms with Crippen LogP contribution in [-0.2, 0) is 23.1 Å².